The molecule has 0 fully saturated rings. The van der Waals surface area contributed by atoms with Crippen LogP contribution < -0.4 is 0 Å². The molecule has 0 nitrogen and oxygen atoms in total. The van der Waals surface area contributed by atoms with Gasteiger partial charge in [0.2, 0.25) is 0 Å². The lowest BCUT2D eigenvalue weighted by Gasteiger charge is -2.06. The Kier molecular flexibility index (Phi) is 8.61. The Labute approximate surface area is 101 Å². The summed E-state index contributed by atoms with van der Waals surface area (Å²) in [6.07, 6.45) is 5.88. The standard InChI is InChI=1S/C14H20.C2H6/c1-4-6-13(7-5-2)14-10-8-12(3)9-11-14;1-2/h6,8-11H,4-5,7H2,1-3H3;1-2H3/b13-6+;. The molecule has 0 bridgehead atoms. The monoisotopic (exact) mass is 218 g/mol. The van der Waals surface area contributed by atoms with Crippen LogP contribution in [0, 0.1) is 6.92 Å². The minimum Gasteiger partial charge on any atom is -0.0810 e. The lowest BCUT2D eigenvalue weighted by atomic mass is 9.99. The Bertz CT molecular complexity index is 290. The topological polar surface area (TPSA) is 0 Å². The van der Waals surface area contributed by atoms with E-state index in [4.69, 9.17) is 0 Å². The van der Waals surface area contributed by atoms with Gasteiger partial charge in [-0.25, -0.2) is 0 Å². The summed E-state index contributed by atoms with van der Waals surface area (Å²) in [6.45, 7) is 10.6. The number of rotatable bonds is 4. The molecule has 0 aromatic heterocycles. The van der Waals surface area contributed by atoms with E-state index in [0.717, 1.165) is 6.42 Å². The Balaban J connectivity index is 0.00000106. The van der Waals surface area contributed by atoms with Crippen LogP contribution in [0.15, 0.2) is 30.3 Å². The summed E-state index contributed by atoms with van der Waals surface area (Å²) in [5.74, 6) is 0. The molecule has 90 valence electrons. The first kappa shape index (κ1) is 15.0. The van der Waals surface area contributed by atoms with Crippen molar-refractivity contribution in [3.63, 3.8) is 0 Å². The second-order valence-corrected chi connectivity index (χ2v) is 3.75. The second kappa shape index (κ2) is 9.21. The van der Waals surface area contributed by atoms with Crippen LogP contribution in [0.1, 0.15) is 58.1 Å². The maximum absolute atomic E-state index is 2.34. The summed E-state index contributed by atoms with van der Waals surface area (Å²) in [6, 6.07) is 8.84. The van der Waals surface area contributed by atoms with Crippen LogP contribution >= 0.6 is 0 Å². The van der Waals surface area contributed by atoms with Crippen molar-refractivity contribution in [1.82, 2.24) is 0 Å². The number of aryl methyl sites for hydroxylation is 1. The molecule has 0 saturated carbocycles. The van der Waals surface area contributed by atoms with E-state index < -0.39 is 0 Å². The van der Waals surface area contributed by atoms with Crippen molar-refractivity contribution in [2.24, 2.45) is 0 Å². The van der Waals surface area contributed by atoms with Crippen molar-refractivity contribution >= 4 is 5.57 Å². The minimum absolute atomic E-state index is 1.13. The zero-order valence-corrected chi connectivity index (χ0v) is 11.5. The summed E-state index contributed by atoms with van der Waals surface area (Å²) >= 11 is 0. The third-order valence-electron chi connectivity index (χ3n) is 2.39. The van der Waals surface area contributed by atoms with Gasteiger partial charge in [0.05, 0.1) is 0 Å². The Hall–Kier alpha value is -1.04. The Morgan fingerprint density at radius 3 is 2.06 bits per heavy atom. The highest BCUT2D eigenvalue weighted by atomic mass is 14.0. The van der Waals surface area contributed by atoms with E-state index in [1.165, 1.54) is 29.5 Å². The van der Waals surface area contributed by atoms with Crippen molar-refractivity contribution < 1.29 is 0 Å². The molecule has 16 heavy (non-hydrogen) atoms. The van der Waals surface area contributed by atoms with Crippen LogP contribution in [0.4, 0.5) is 0 Å². The van der Waals surface area contributed by atoms with E-state index in [0.29, 0.717) is 0 Å². The fraction of sp³-hybridized carbons (Fsp3) is 0.500. The van der Waals surface area contributed by atoms with Crippen LogP contribution in [-0.4, -0.2) is 0 Å². The van der Waals surface area contributed by atoms with Gasteiger partial charge in [-0.2, -0.15) is 0 Å². The van der Waals surface area contributed by atoms with E-state index in [2.05, 4.69) is 51.1 Å². The van der Waals surface area contributed by atoms with Crippen molar-refractivity contribution in [1.29, 1.82) is 0 Å². The van der Waals surface area contributed by atoms with E-state index in [1.807, 2.05) is 13.8 Å². The Morgan fingerprint density at radius 1 is 1.06 bits per heavy atom. The molecule has 0 unspecified atom stereocenters. The van der Waals surface area contributed by atoms with Gasteiger partial charge in [0, 0.05) is 0 Å². The van der Waals surface area contributed by atoms with Crippen LogP contribution in [0.3, 0.4) is 0 Å². The lowest BCUT2D eigenvalue weighted by molar-refractivity contribution is 0.967. The summed E-state index contributed by atoms with van der Waals surface area (Å²) < 4.78 is 0. The van der Waals surface area contributed by atoms with Crippen LogP contribution in [0.2, 0.25) is 0 Å². The largest absolute Gasteiger partial charge is 0.0810 e. The third-order valence-corrected chi connectivity index (χ3v) is 2.39. The fourth-order valence-electron chi connectivity index (χ4n) is 1.65. The van der Waals surface area contributed by atoms with Crippen LogP contribution in [-0.2, 0) is 0 Å². The molecule has 1 aromatic carbocycles. The first-order valence-corrected chi connectivity index (χ1v) is 6.54. The summed E-state index contributed by atoms with van der Waals surface area (Å²) in [7, 11) is 0. The van der Waals surface area contributed by atoms with E-state index in [1.54, 1.807) is 0 Å². The van der Waals surface area contributed by atoms with Gasteiger partial charge in [-0.05, 0) is 30.9 Å². The smallest absolute Gasteiger partial charge is 0.0228 e. The molecule has 0 N–H and O–H groups in total. The van der Waals surface area contributed by atoms with Crippen molar-refractivity contribution in [3.05, 3.63) is 41.5 Å². The predicted octanol–water partition coefficient (Wildman–Crippen LogP) is 5.61. The normalized spacial score (nSPS) is 10.7. The zero-order chi connectivity index (χ0) is 12.4. The molecule has 0 heterocycles. The molecule has 0 heteroatoms. The Morgan fingerprint density at radius 2 is 1.62 bits per heavy atom. The molecule has 0 spiro atoms. The second-order valence-electron chi connectivity index (χ2n) is 3.75. The zero-order valence-electron chi connectivity index (χ0n) is 11.5. The molecule has 0 amide bonds. The van der Waals surface area contributed by atoms with Gasteiger partial charge < -0.3 is 0 Å². The molecular weight excluding hydrogens is 192 g/mol. The van der Waals surface area contributed by atoms with E-state index in [-0.39, 0.29) is 0 Å². The van der Waals surface area contributed by atoms with E-state index in [9.17, 15) is 0 Å². The van der Waals surface area contributed by atoms with Crippen molar-refractivity contribution in [2.45, 2.75) is 53.9 Å². The van der Waals surface area contributed by atoms with Gasteiger partial charge in [0.1, 0.15) is 0 Å². The maximum atomic E-state index is 2.34. The van der Waals surface area contributed by atoms with Gasteiger partial charge in [-0.1, -0.05) is 70.0 Å². The quantitative estimate of drug-likeness (QED) is 0.615. The third kappa shape index (κ3) is 5.16. The number of allylic oxidation sites excluding steroid dienone is 2. The van der Waals surface area contributed by atoms with Crippen molar-refractivity contribution in [3.8, 4) is 0 Å². The molecule has 0 aliphatic heterocycles. The summed E-state index contributed by atoms with van der Waals surface area (Å²) in [4.78, 5) is 0. The van der Waals surface area contributed by atoms with Crippen molar-refractivity contribution in [2.75, 3.05) is 0 Å². The van der Waals surface area contributed by atoms with Crippen LogP contribution in [0.5, 0.6) is 0 Å². The van der Waals surface area contributed by atoms with Crippen LogP contribution in [0.25, 0.3) is 5.57 Å². The highest BCUT2D eigenvalue weighted by molar-refractivity contribution is 5.65. The lowest BCUT2D eigenvalue weighted by Crippen LogP contribution is -1.84. The first-order chi connectivity index (χ1) is 7.77. The first-order valence-electron chi connectivity index (χ1n) is 6.54. The van der Waals surface area contributed by atoms with Gasteiger partial charge >= 0.3 is 0 Å². The number of hydrogen-bond acceptors (Lipinski definition) is 0. The summed E-state index contributed by atoms with van der Waals surface area (Å²) in [5.41, 5.74) is 4.22. The highest BCUT2D eigenvalue weighted by Gasteiger charge is 1.98. The van der Waals surface area contributed by atoms with Gasteiger partial charge in [0.25, 0.3) is 0 Å². The molecule has 0 aliphatic rings. The summed E-state index contributed by atoms with van der Waals surface area (Å²) in [5, 5.41) is 0. The minimum atomic E-state index is 1.13. The molecule has 0 atom stereocenters. The molecular formula is C16H26. The predicted molar refractivity (Wildman–Crippen MR) is 75.7 cm³/mol. The number of hydrogen-bond donors (Lipinski definition) is 0. The molecule has 1 rings (SSSR count). The highest BCUT2D eigenvalue weighted by Crippen LogP contribution is 2.20. The molecule has 0 saturated heterocycles. The maximum Gasteiger partial charge on any atom is -0.0228 e. The molecule has 0 aliphatic carbocycles. The molecule has 1 aromatic rings. The fourth-order valence-corrected chi connectivity index (χ4v) is 1.65. The van der Waals surface area contributed by atoms with Gasteiger partial charge in [-0.3, -0.25) is 0 Å². The average Bonchev–Trinajstić information content (AvgIpc) is 2.32. The number of benzene rings is 1. The van der Waals surface area contributed by atoms with Gasteiger partial charge in [-0.15, -0.1) is 0 Å². The van der Waals surface area contributed by atoms with Gasteiger partial charge in [0.15, 0.2) is 0 Å². The van der Waals surface area contributed by atoms with E-state index >= 15 is 0 Å². The SMILES string of the molecule is CC.CC/C=C(\CCC)c1ccc(C)cc1. The average molecular weight is 218 g/mol. The molecule has 0 radical (unpaired) electrons.